The van der Waals surface area contributed by atoms with Crippen LogP contribution in [0.15, 0.2) is 47.4 Å². The molecule has 4 nitrogen and oxygen atoms in total. The lowest BCUT2D eigenvalue weighted by Gasteiger charge is -2.35. The average molecular weight is 355 g/mol. The molecule has 3 heterocycles. The van der Waals surface area contributed by atoms with E-state index in [0.717, 1.165) is 47.9 Å². The topological polar surface area (TPSA) is 47.8 Å². The largest absolute Gasteiger partial charge is 0.296 e. The van der Waals surface area contributed by atoms with Gasteiger partial charge in [-0.1, -0.05) is 18.9 Å². The van der Waals surface area contributed by atoms with Crippen LogP contribution in [0.25, 0.3) is 10.9 Å². The van der Waals surface area contributed by atoms with Crippen LogP contribution < -0.4 is 5.56 Å². The van der Waals surface area contributed by atoms with Gasteiger partial charge < -0.3 is 0 Å². The molecular weight excluding hydrogens is 334 g/mol. The Hall–Kier alpha value is -2.93. The Kier molecular flexibility index (Phi) is 3.65. The van der Waals surface area contributed by atoms with Crippen LogP contribution in [0.2, 0.25) is 0 Å². The first kappa shape index (κ1) is 16.3. The highest BCUT2D eigenvalue weighted by molar-refractivity contribution is 5.79. The minimum atomic E-state index is 0.0887. The Morgan fingerprint density at radius 2 is 2.07 bits per heavy atom. The fourth-order valence-electron chi connectivity index (χ4n) is 4.22. The molecule has 0 bridgehead atoms. The molecular formula is C23H21N3O. The fourth-order valence-corrected chi connectivity index (χ4v) is 4.22. The van der Waals surface area contributed by atoms with Crippen LogP contribution in [0.5, 0.6) is 0 Å². The number of rotatable bonds is 1. The number of aromatic nitrogens is 3. The third-order valence-electron chi connectivity index (χ3n) is 6.04. The van der Waals surface area contributed by atoms with Crippen molar-refractivity contribution in [2.75, 3.05) is 0 Å². The van der Waals surface area contributed by atoms with Gasteiger partial charge in [0.1, 0.15) is 11.5 Å². The molecule has 1 fully saturated rings. The molecule has 1 unspecified atom stereocenters. The molecule has 1 saturated carbocycles. The number of hydrogen-bond donors (Lipinski definition) is 0. The Bertz CT molecular complexity index is 1150. The lowest BCUT2D eigenvalue weighted by atomic mass is 9.78. The normalized spacial score (nSPS) is 21.4. The maximum atomic E-state index is 13.1. The van der Waals surface area contributed by atoms with E-state index in [1.54, 1.807) is 6.20 Å². The summed E-state index contributed by atoms with van der Waals surface area (Å²) in [6.45, 7) is 3.14. The van der Waals surface area contributed by atoms with Crippen LogP contribution in [0.1, 0.15) is 43.3 Å². The smallest absolute Gasteiger partial charge is 0.261 e. The highest BCUT2D eigenvalue weighted by Crippen LogP contribution is 2.50. The summed E-state index contributed by atoms with van der Waals surface area (Å²) in [6, 6.07) is 11.4. The first-order chi connectivity index (χ1) is 13.1. The third kappa shape index (κ3) is 2.94. The molecule has 2 aliphatic rings. The summed E-state index contributed by atoms with van der Waals surface area (Å²) < 4.78 is 1.92. The zero-order valence-corrected chi connectivity index (χ0v) is 15.4. The maximum Gasteiger partial charge on any atom is 0.261 e. The minimum absolute atomic E-state index is 0.0887. The van der Waals surface area contributed by atoms with Crippen LogP contribution in [0.4, 0.5) is 0 Å². The molecule has 134 valence electrons. The van der Waals surface area contributed by atoms with Crippen LogP contribution in [-0.4, -0.2) is 14.5 Å². The Morgan fingerprint density at radius 1 is 1.19 bits per heavy atom. The number of benzene rings is 1. The van der Waals surface area contributed by atoms with Crippen molar-refractivity contribution in [2.45, 2.75) is 39.2 Å². The van der Waals surface area contributed by atoms with Crippen molar-refractivity contribution in [1.82, 2.24) is 14.5 Å². The van der Waals surface area contributed by atoms with Gasteiger partial charge in [-0.15, -0.1) is 0 Å². The second-order valence-electron chi connectivity index (χ2n) is 8.04. The lowest BCUT2D eigenvalue weighted by molar-refractivity contribution is 0.176. The van der Waals surface area contributed by atoms with Crippen molar-refractivity contribution < 1.29 is 0 Å². The van der Waals surface area contributed by atoms with E-state index in [4.69, 9.17) is 4.98 Å². The highest BCUT2D eigenvalue weighted by atomic mass is 16.1. The molecule has 3 aromatic rings. The zero-order valence-electron chi connectivity index (χ0n) is 15.4. The predicted octanol–water partition coefficient (Wildman–Crippen LogP) is 3.55. The fraction of sp³-hybridized carbons (Fsp3) is 0.348. The molecule has 1 aliphatic heterocycles. The standard InChI is InChI=1S/C23H21N3O/c1-23(17-7-8-17)12-11-21-25-20-14-16(5-9-18-4-2-3-13-24-18)6-10-19(20)22(27)26(21)15-23/h2-4,6,10,13-14,17H,7-8,11-12,15H2,1H3. The number of hydrogen-bond acceptors (Lipinski definition) is 3. The van der Waals surface area contributed by atoms with Crippen LogP contribution in [0.3, 0.4) is 0 Å². The number of nitrogens with zero attached hydrogens (tertiary/aromatic N) is 3. The Balaban J connectivity index is 1.54. The summed E-state index contributed by atoms with van der Waals surface area (Å²) in [7, 11) is 0. The molecule has 0 radical (unpaired) electrons. The molecule has 1 aromatic carbocycles. The molecule has 1 atom stereocenters. The zero-order chi connectivity index (χ0) is 18.4. The maximum absolute atomic E-state index is 13.1. The monoisotopic (exact) mass is 355 g/mol. The average Bonchev–Trinajstić information content (AvgIpc) is 3.54. The molecule has 0 amide bonds. The number of pyridine rings is 1. The molecule has 4 heteroatoms. The van der Waals surface area contributed by atoms with Crippen LogP contribution >= 0.6 is 0 Å². The molecule has 0 saturated heterocycles. The third-order valence-corrected chi connectivity index (χ3v) is 6.04. The molecule has 0 spiro atoms. The van der Waals surface area contributed by atoms with Gasteiger partial charge in [0.25, 0.3) is 5.56 Å². The van der Waals surface area contributed by atoms with Gasteiger partial charge in [-0.3, -0.25) is 9.36 Å². The van der Waals surface area contributed by atoms with Gasteiger partial charge in [0, 0.05) is 24.7 Å². The lowest BCUT2D eigenvalue weighted by Crippen LogP contribution is -2.39. The van der Waals surface area contributed by atoms with Crippen LogP contribution in [0, 0.1) is 23.2 Å². The summed E-state index contributed by atoms with van der Waals surface area (Å²) >= 11 is 0. The summed E-state index contributed by atoms with van der Waals surface area (Å²) in [5.41, 5.74) is 2.67. The Labute approximate surface area is 158 Å². The van der Waals surface area contributed by atoms with Crippen molar-refractivity contribution in [3.8, 4) is 11.8 Å². The van der Waals surface area contributed by atoms with Gasteiger partial charge in [-0.25, -0.2) is 9.97 Å². The predicted molar refractivity (Wildman–Crippen MR) is 105 cm³/mol. The van der Waals surface area contributed by atoms with Gasteiger partial charge in [0.15, 0.2) is 0 Å². The summed E-state index contributed by atoms with van der Waals surface area (Å²) in [5, 5.41) is 0.683. The van der Waals surface area contributed by atoms with Gasteiger partial charge in [0.05, 0.1) is 10.9 Å². The quantitative estimate of drug-likeness (QED) is 0.627. The molecule has 1 aliphatic carbocycles. The first-order valence-corrected chi connectivity index (χ1v) is 9.59. The SMILES string of the molecule is CC1(C2CC2)CCc2nc3cc(C#Cc4ccccn4)ccc3c(=O)n2C1. The molecule has 27 heavy (non-hydrogen) atoms. The number of aryl methyl sites for hydroxylation is 1. The van der Waals surface area contributed by atoms with E-state index in [1.165, 1.54) is 12.8 Å². The minimum Gasteiger partial charge on any atom is -0.296 e. The van der Waals surface area contributed by atoms with E-state index in [-0.39, 0.29) is 11.0 Å². The van der Waals surface area contributed by atoms with Crippen molar-refractivity contribution in [1.29, 1.82) is 0 Å². The van der Waals surface area contributed by atoms with Crippen molar-refractivity contribution >= 4 is 10.9 Å². The van der Waals surface area contributed by atoms with E-state index in [2.05, 4.69) is 23.7 Å². The highest BCUT2D eigenvalue weighted by Gasteiger charge is 2.43. The number of fused-ring (bicyclic) bond motifs is 2. The second kappa shape index (κ2) is 6.06. The summed E-state index contributed by atoms with van der Waals surface area (Å²) in [6.07, 6.45) is 6.34. The van der Waals surface area contributed by atoms with Crippen molar-refractivity contribution in [3.63, 3.8) is 0 Å². The van der Waals surface area contributed by atoms with Gasteiger partial charge in [-0.2, -0.15) is 0 Å². The first-order valence-electron chi connectivity index (χ1n) is 9.59. The molecule has 5 rings (SSSR count). The van der Waals surface area contributed by atoms with Crippen LogP contribution in [-0.2, 0) is 13.0 Å². The van der Waals surface area contributed by atoms with E-state index in [9.17, 15) is 4.79 Å². The van der Waals surface area contributed by atoms with Crippen molar-refractivity contribution in [2.24, 2.45) is 11.3 Å². The summed E-state index contributed by atoms with van der Waals surface area (Å²) in [4.78, 5) is 22.1. The Morgan fingerprint density at radius 3 is 2.85 bits per heavy atom. The molecule has 2 aromatic heterocycles. The van der Waals surface area contributed by atoms with E-state index >= 15 is 0 Å². The van der Waals surface area contributed by atoms with E-state index in [1.807, 2.05) is 41.0 Å². The molecule has 0 N–H and O–H groups in total. The second-order valence-corrected chi connectivity index (χ2v) is 8.04. The van der Waals surface area contributed by atoms with E-state index in [0.29, 0.717) is 5.39 Å². The van der Waals surface area contributed by atoms with Gasteiger partial charge in [-0.05, 0) is 66.8 Å². The summed E-state index contributed by atoms with van der Waals surface area (Å²) in [5.74, 6) is 7.88. The van der Waals surface area contributed by atoms with Gasteiger partial charge in [0.2, 0.25) is 0 Å². The van der Waals surface area contributed by atoms with Gasteiger partial charge >= 0.3 is 0 Å². The van der Waals surface area contributed by atoms with E-state index < -0.39 is 0 Å². The van der Waals surface area contributed by atoms with Crippen molar-refractivity contribution in [3.05, 3.63) is 70.0 Å².